The molecular weight excluding hydrogens is 789 g/mol. The first-order valence-corrected chi connectivity index (χ1v) is 24.5. The van der Waals surface area contributed by atoms with Gasteiger partial charge in [0.25, 0.3) is 10.1 Å². The number of aliphatic hydroxyl groups is 3. The van der Waals surface area contributed by atoms with Crippen LogP contribution in [-0.2, 0) is 38.7 Å². The summed E-state index contributed by atoms with van der Waals surface area (Å²) in [6.07, 6.45) is 35.7. The zero-order valence-corrected chi connectivity index (χ0v) is 37.6. The third kappa shape index (κ3) is 31.2. The molecule has 0 saturated carbocycles. The van der Waals surface area contributed by atoms with E-state index >= 15 is 0 Å². The van der Waals surface area contributed by atoms with Crippen molar-refractivity contribution in [1.82, 2.24) is 0 Å². The van der Waals surface area contributed by atoms with Gasteiger partial charge in [-0.25, -0.2) is 0 Å². The van der Waals surface area contributed by atoms with Crippen molar-refractivity contribution in [1.29, 1.82) is 0 Å². The van der Waals surface area contributed by atoms with Gasteiger partial charge in [-0.05, 0) is 64.2 Å². The lowest BCUT2D eigenvalue weighted by atomic mass is 10.00. The summed E-state index contributed by atoms with van der Waals surface area (Å²) < 4.78 is 53.9. The number of rotatable bonds is 37. The van der Waals surface area contributed by atoms with E-state index in [4.69, 9.17) is 18.9 Å². The number of hydrogen-bond donors (Lipinski definition) is 4. The summed E-state index contributed by atoms with van der Waals surface area (Å²) in [5, 5.41) is 30.9. The number of aliphatic hydroxyl groups excluding tert-OH is 3. The zero-order valence-electron chi connectivity index (χ0n) is 36.8. The lowest BCUT2D eigenvalue weighted by Gasteiger charge is -2.40. The molecule has 12 nitrogen and oxygen atoms in total. The SMILES string of the molecule is CCCCC/C=C/C/C=C/C/C=C/C/C=C/CCCC(=O)OC[C@H](CO[C@H]1O[C@H](CS(=O)(=O)O)[C@@H](O)C(O)C1O)OC(=O)CC/C=C/CCCCCCCCCCCCC. The highest BCUT2D eigenvalue weighted by atomic mass is 32.2. The van der Waals surface area contributed by atoms with Gasteiger partial charge in [-0.3, -0.25) is 14.1 Å². The van der Waals surface area contributed by atoms with E-state index in [2.05, 4.69) is 56.4 Å². The molecule has 1 rings (SSSR count). The van der Waals surface area contributed by atoms with Gasteiger partial charge in [0.2, 0.25) is 0 Å². The number of allylic oxidation sites excluding steroid dienone is 10. The molecule has 1 heterocycles. The Bertz CT molecular complexity index is 1340. The fourth-order valence-corrected chi connectivity index (χ4v) is 7.20. The standard InChI is InChI=1S/C47H80O12S/c1-3-5-7-9-11-13-15-17-19-20-22-23-25-27-29-31-33-35-42(48)56-37-40(38-57-47-46(52)45(51)44(50)41(59-47)39-60(53,54)55)58-43(49)36-34-32-30-28-26-24-21-18-16-14-12-10-8-6-4-2/h11,13,17,19,22-23,27,29-30,32,40-41,44-47,50-52H,3-10,12,14-16,18,20-21,24-26,28,31,33-39H2,1-2H3,(H,53,54,55)/b13-11+,19-17+,23-22+,29-27+,32-30+/t40-,41-,44-,45?,46?,47+/m1/s1. The topological polar surface area (TPSA) is 186 Å². The number of carbonyl (C=O) groups is 2. The van der Waals surface area contributed by atoms with Gasteiger partial charge in [0, 0.05) is 12.8 Å². The lowest BCUT2D eigenvalue weighted by Crippen LogP contribution is -2.60. The molecular formula is C47H80O12S. The Morgan fingerprint density at radius 3 is 1.60 bits per heavy atom. The van der Waals surface area contributed by atoms with E-state index in [1.165, 1.54) is 83.5 Å². The summed E-state index contributed by atoms with van der Waals surface area (Å²) in [5.74, 6) is -2.12. The molecule has 60 heavy (non-hydrogen) atoms. The molecule has 0 radical (unpaired) electrons. The third-order valence-corrected chi connectivity index (χ3v) is 10.8. The predicted octanol–water partition coefficient (Wildman–Crippen LogP) is 9.34. The molecule has 0 aromatic heterocycles. The quantitative estimate of drug-likeness (QED) is 0.0201. The van der Waals surface area contributed by atoms with Gasteiger partial charge < -0.3 is 34.3 Å². The molecule has 4 N–H and O–H groups in total. The van der Waals surface area contributed by atoms with Gasteiger partial charge in [0.05, 0.1) is 6.61 Å². The summed E-state index contributed by atoms with van der Waals surface area (Å²) in [5.41, 5.74) is 0. The normalized spacial score (nSPS) is 20.7. The number of hydrogen-bond acceptors (Lipinski definition) is 11. The van der Waals surface area contributed by atoms with E-state index in [1.807, 2.05) is 18.2 Å². The van der Waals surface area contributed by atoms with Crippen molar-refractivity contribution >= 4 is 22.1 Å². The molecule has 2 unspecified atom stereocenters. The van der Waals surface area contributed by atoms with E-state index in [0.717, 1.165) is 38.5 Å². The van der Waals surface area contributed by atoms with E-state index in [-0.39, 0.29) is 19.4 Å². The Morgan fingerprint density at radius 2 is 1.03 bits per heavy atom. The van der Waals surface area contributed by atoms with Gasteiger partial charge in [-0.2, -0.15) is 8.42 Å². The van der Waals surface area contributed by atoms with Gasteiger partial charge in [-0.1, -0.05) is 152 Å². The first-order valence-electron chi connectivity index (χ1n) is 22.8. The highest BCUT2D eigenvalue weighted by Gasteiger charge is 2.46. The van der Waals surface area contributed by atoms with E-state index < -0.39 is 71.2 Å². The number of esters is 2. The molecule has 1 aliphatic rings. The highest BCUT2D eigenvalue weighted by molar-refractivity contribution is 7.85. The molecule has 1 saturated heterocycles. The van der Waals surface area contributed by atoms with Crippen molar-refractivity contribution in [3.8, 4) is 0 Å². The van der Waals surface area contributed by atoms with Crippen LogP contribution in [0.4, 0.5) is 0 Å². The summed E-state index contributed by atoms with van der Waals surface area (Å²) in [4.78, 5) is 25.3. The number of unbranched alkanes of at least 4 members (excludes halogenated alkanes) is 15. The number of ether oxygens (including phenoxy) is 4. The van der Waals surface area contributed by atoms with Gasteiger partial charge >= 0.3 is 11.9 Å². The van der Waals surface area contributed by atoms with Gasteiger partial charge in [-0.15, -0.1) is 0 Å². The smallest absolute Gasteiger partial charge is 0.306 e. The van der Waals surface area contributed by atoms with Crippen molar-refractivity contribution in [2.24, 2.45) is 0 Å². The molecule has 1 fully saturated rings. The molecule has 1 aliphatic heterocycles. The number of carbonyl (C=O) groups excluding carboxylic acids is 2. The zero-order chi connectivity index (χ0) is 44.1. The van der Waals surface area contributed by atoms with Crippen LogP contribution in [-0.4, -0.2) is 96.0 Å². The van der Waals surface area contributed by atoms with E-state index in [0.29, 0.717) is 19.3 Å². The second kappa shape index (κ2) is 37.0. The summed E-state index contributed by atoms with van der Waals surface area (Å²) in [7, 11) is -4.61. The molecule has 0 spiro atoms. The molecule has 0 amide bonds. The third-order valence-electron chi connectivity index (χ3n) is 10.1. The van der Waals surface area contributed by atoms with Crippen LogP contribution in [0, 0.1) is 0 Å². The van der Waals surface area contributed by atoms with Crippen molar-refractivity contribution in [3.63, 3.8) is 0 Å². The highest BCUT2D eigenvalue weighted by Crippen LogP contribution is 2.24. The molecule has 0 aromatic carbocycles. The summed E-state index contributed by atoms with van der Waals surface area (Å²) in [6.45, 7) is 3.65. The predicted molar refractivity (Wildman–Crippen MR) is 238 cm³/mol. The fourth-order valence-electron chi connectivity index (χ4n) is 6.51. The van der Waals surface area contributed by atoms with Crippen molar-refractivity contribution in [2.45, 2.75) is 205 Å². The maximum atomic E-state index is 12.8. The first kappa shape index (κ1) is 55.4. The molecule has 0 bridgehead atoms. The largest absolute Gasteiger partial charge is 0.462 e. The minimum Gasteiger partial charge on any atom is -0.462 e. The fraction of sp³-hybridized carbons (Fsp3) is 0.745. The van der Waals surface area contributed by atoms with Crippen molar-refractivity contribution in [2.75, 3.05) is 19.0 Å². The monoisotopic (exact) mass is 869 g/mol. The Balaban J connectivity index is 2.51. The second-order valence-electron chi connectivity index (χ2n) is 15.7. The van der Waals surface area contributed by atoms with E-state index in [1.54, 1.807) is 0 Å². The average Bonchev–Trinajstić information content (AvgIpc) is 3.21. The summed E-state index contributed by atoms with van der Waals surface area (Å²) in [6, 6.07) is 0. The Hall–Kier alpha value is -2.65. The van der Waals surface area contributed by atoms with Crippen LogP contribution in [0.5, 0.6) is 0 Å². The van der Waals surface area contributed by atoms with Gasteiger partial charge in [0.1, 0.15) is 36.8 Å². The van der Waals surface area contributed by atoms with Crippen molar-refractivity contribution < 1.29 is 56.8 Å². The molecule has 13 heteroatoms. The molecule has 0 aromatic rings. The maximum Gasteiger partial charge on any atom is 0.306 e. The van der Waals surface area contributed by atoms with Crippen LogP contribution in [0.1, 0.15) is 168 Å². The minimum absolute atomic E-state index is 0.0676. The second-order valence-corrected chi connectivity index (χ2v) is 17.2. The van der Waals surface area contributed by atoms with Crippen molar-refractivity contribution in [3.05, 3.63) is 60.8 Å². The molecule has 6 atom stereocenters. The van der Waals surface area contributed by atoms with Crippen LogP contribution in [0.3, 0.4) is 0 Å². The van der Waals surface area contributed by atoms with Crippen LogP contribution in [0.15, 0.2) is 60.8 Å². The average molecular weight is 869 g/mol. The first-order chi connectivity index (χ1) is 29.0. The Kier molecular flexibility index (Phi) is 34.1. The van der Waals surface area contributed by atoms with Gasteiger partial charge in [0.15, 0.2) is 12.4 Å². The van der Waals surface area contributed by atoms with Crippen LogP contribution in [0.2, 0.25) is 0 Å². The Labute approximate surface area is 362 Å². The lowest BCUT2D eigenvalue weighted by molar-refractivity contribution is -0.297. The molecule has 0 aliphatic carbocycles. The summed E-state index contributed by atoms with van der Waals surface area (Å²) >= 11 is 0. The maximum absolute atomic E-state index is 12.8. The minimum atomic E-state index is -4.61. The van der Waals surface area contributed by atoms with E-state index in [9.17, 15) is 37.9 Å². The van der Waals surface area contributed by atoms with Crippen LogP contribution >= 0.6 is 0 Å². The molecule has 346 valence electrons. The van der Waals surface area contributed by atoms with Crippen LogP contribution < -0.4 is 0 Å². The Morgan fingerprint density at radius 1 is 0.567 bits per heavy atom. The van der Waals surface area contributed by atoms with Crippen LogP contribution in [0.25, 0.3) is 0 Å².